The Labute approximate surface area is 139 Å². The summed E-state index contributed by atoms with van der Waals surface area (Å²) in [6.07, 6.45) is 2.34. The number of aromatic nitrogens is 2. The molecular formula is C11H15N5O3S3. The lowest BCUT2D eigenvalue weighted by Crippen LogP contribution is -2.49. The van der Waals surface area contributed by atoms with E-state index in [1.807, 2.05) is 6.26 Å². The minimum Gasteiger partial charge on any atom is -0.322 e. The van der Waals surface area contributed by atoms with Crippen LogP contribution in [0.3, 0.4) is 0 Å². The number of imide groups is 1. The molecule has 0 radical (unpaired) electrons. The van der Waals surface area contributed by atoms with E-state index in [1.165, 1.54) is 34.9 Å². The van der Waals surface area contributed by atoms with Gasteiger partial charge in [0.25, 0.3) is 5.91 Å². The van der Waals surface area contributed by atoms with Crippen LogP contribution in [0.1, 0.15) is 20.3 Å². The van der Waals surface area contributed by atoms with Crippen LogP contribution in [0.15, 0.2) is 8.68 Å². The van der Waals surface area contributed by atoms with Crippen molar-refractivity contribution in [3.63, 3.8) is 0 Å². The van der Waals surface area contributed by atoms with Crippen LogP contribution in [0.2, 0.25) is 0 Å². The smallest absolute Gasteiger partial charge is 0.322 e. The monoisotopic (exact) mass is 361 g/mol. The summed E-state index contributed by atoms with van der Waals surface area (Å²) in [6.45, 7) is 3.41. The predicted molar refractivity (Wildman–Crippen MR) is 84.6 cm³/mol. The average Bonchev–Trinajstić information content (AvgIpc) is 3.04. The van der Waals surface area contributed by atoms with Crippen LogP contribution in [-0.4, -0.2) is 50.6 Å². The SMILES string of the molecule is CC[C@]1(C)NC(=O)N(NC(=O)CSc2nnc(SC)s2)C1=O. The Morgan fingerprint density at radius 3 is 2.64 bits per heavy atom. The molecule has 1 atom stereocenters. The van der Waals surface area contributed by atoms with Crippen molar-refractivity contribution < 1.29 is 14.4 Å². The zero-order valence-electron chi connectivity index (χ0n) is 12.2. The van der Waals surface area contributed by atoms with Crippen molar-refractivity contribution in [2.45, 2.75) is 34.5 Å². The molecule has 1 aromatic rings. The first kappa shape index (κ1) is 17.0. The van der Waals surface area contributed by atoms with Gasteiger partial charge in [0.2, 0.25) is 5.91 Å². The molecule has 2 rings (SSSR count). The molecule has 1 saturated heterocycles. The van der Waals surface area contributed by atoms with Gasteiger partial charge >= 0.3 is 6.03 Å². The molecule has 1 aromatic heterocycles. The van der Waals surface area contributed by atoms with Gasteiger partial charge in [-0.25, -0.2) is 4.79 Å². The van der Waals surface area contributed by atoms with Gasteiger partial charge in [0.05, 0.1) is 5.75 Å². The Balaban J connectivity index is 1.89. The summed E-state index contributed by atoms with van der Waals surface area (Å²) in [5.41, 5.74) is 1.35. The summed E-state index contributed by atoms with van der Waals surface area (Å²) < 4.78 is 1.48. The van der Waals surface area contributed by atoms with Crippen molar-refractivity contribution in [2.75, 3.05) is 12.0 Å². The van der Waals surface area contributed by atoms with E-state index in [9.17, 15) is 14.4 Å². The third-order valence-electron chi connectivity index (χ3n) is 3.09. The summed E-state index contributed by atoms with van der Waals surface area (Å²) in [6, 6.07) is -0.617. The van der Waals surface area contributed by atoms with E-state index in [1.54, 1.807) is 13.8 Å². The van der Waals surface area contributed by atoms with Crippen LogP contribution >= 0.6 is 34.9 Å². The first-order valence-electron chi connectivity index (χ1n) is 6.36. The van der Waals surface area contributed by atoms with Crippen LogP contribution in [0.4, 0.5) is 4.79 Å². The molecular weight excluding hydrogens is 346 g/mol. The Kier molecular flexibility index (Phi) is 5.29. The molecule has 22 heavy (non-hydrogen) atoms. The van der Waals surface area contributed by atoms with Crippen molar-refractivity contribution in [3.05, 3.63) is 0 Å². The molecule has 8 nitrogen and oxygen atoms in total. The lowest BCUT2D eigenvalue weighted by Gasteiger charge is -2.19. The average molecular weight is 361 g/mol. The van der Waals surface area contributed by atoms with E-state index in [4.69, 9.17) is 0 Å². The van der Waals surface area contributed by atoms with Crippen molar-refractivity contribution in [1.29, 1.82) is 0 Å². The molecule has 1 fully saturated rings. The summed E-state index contributed by atoms with van der Waals surface area (Å²) in [7, 11) is 0. The van der Waals surface area contributed by atoms with E-state index < -0.39 is 23.4 Å². The number of nitrogens with one attached hydrogen (secondary N) is 2. The van der Waals surface area contributed by atoms with Crippen molar-refractivity contribution >= 4 is 52.7 Å². The molecule has 2 N–H and O–H groups in total. The molecule has 0 spiro atoms. The molecule has 4 amide bonds. The molecule has 1 aliphatic rings. The second-order valence-electron chi connectivity index (χ2n) is 4.62. The highest BCUT2D eigenvalue weighted by Gasteiger charge is 2.47. The van der Waals surface area contributed by atoms with Gasteiger partial charge in [0.1, 0.15) is 5.54 Å². The van der Waals surface area contributed by atoms with Crippen LogP contribution in [0.5, 0.6) is 0 Å². The Hall–Kier alpha value is -1.33. The number of rotatable bonds is 6. The van der Waals surface area contributed by atoms with Gasteiger partial charge in [-0.2, -0.15) is 5.01 Å². The van der Waals surface area contributed by atoms with Gasteiger partial charge in [-0.3, -0.25) is 15.0 Å². The fourth-order valence-corrected chi connectivity index (χ4v) is 3.88. The number of carbonyl (C=O) groups is 3. The van der Waals surface area contributed by atoms with Crippen molar-refractivity contribution in [1.82, 2.24) is 25.9 Å². The molecule has 0 bridgehead atoms. The third-order valence-corrected chi connectivity index (χ3v) is 6.13. The number of carbonyl (C=O) groups excluding carboxylic acids is 3. The number of hydrogen-bond acceptors (Lipinski definition) is 8. The fourth-order valence-electron chi connectivity index (χ4n) is 1.65. The van der Waals surface area contributed by atoms with E-state index >= 15 is 0 Å². The fraction of sp³-hybridized carbons (Fsp3) is 0.545. The summed E-state index contributed by atoms with van der Waals surface area (Å²) in [4.78, 5) is 35.8. The van der Waals surface area contributed by atoms with Gasteiger partial charge in [-0.05, 0) is 19.6 Å². The standard InChI is InChI=1S/C11H15N5O3S3/c1-4-11(2)7(18)16(8(19)12-11)15-6(17)5-21-10-14-13-9(20-3)22-10/h4-5H2,1-3H3,(H,12,19)(H,15,17)/t11-/m0/s1. The van der Waals surface area contributed by atoms with Gasteiger partial charge in [0.15, 0.2) is 8.68 Å². The summed E-state index contributed by atoms with van der Waals surface area (Å²) >= 11 is 4.07. The number of thioether (sulfide) groups is 2. The van der Waals surface area contributed by atoms with Gasteiger partial charge < -0.3 is 5.32 Å². The molecule has 0 aromatic carbocycles. The zero-order valence-corrected chi connectivity index (χ0v) is 14.7. The Bertz CT molecular complexity index is 608. The number of nitrogens with zero attached hydrogens (tertiary/aromatic N) is 3. The second kappa shape index (κ2) is 6.84. The normalized spacial score (nSPS) is 21.1. The molecule has 11 heteroatoms. The lowest BCUT2D eigenvalue weighted by atomic mass is 10.00. The maximum atomic E-state index is 12.1. The number of urea groups is 1. The van der Waals surface area contributed by atoms with Gasteiger partial charge in [-0.1, -0.05) is 41.8 Å². The topological polar surface area (TPSA) is 104 Å². The van der Waals surface area contributed by atoms with Crippen LogP contribution < -0.4 is 10.7 Å². The Morgan fingerprint density at radius 1 is 1.41 bits per heavy atom. The molecule has 2 heterocycles. The summed E-state index contributed by atoms with van der Waals surface area (Å²) in [5, 5.41) is 11.1. The minimum absolute atomic E-state index is 0.0446. The van der Waals surface area contributed by atoms with E-state index in [2.05, 4.69) is 20.9 Å². The molecule has 0 aliphatic carbocycles. The molecule has 1 aliphatic heterocycles. The van der Waals surface area contributed by atoms with Crippen LogP contribution in [0.25, 0.3) is 0 Å². The highest BCUT2D eigenvalue weighted by Crippen LogP contribution is 2.27. The minimum atomic E-state index is -0.968. The highest BCUT2D eigenvalue weighted by atomic mass is 32.2. The molecule has 120 valence electrons. The zero-order chi connectivity index (χ0) is 16.3. The lowest BCUT2D eigenvalue weighted by molar-refractivity contribution is -0.137. The van der Waals surface area contributed by atoms with Crippen molar-refractivity contribution in [3.8, 4) is 0 Å². The third kappa shape index (κ3) is 3.52. The van der Waals surface area contributed by atoms with E-state index in [0.717, 1.165) is 9.35 Å². The second-order valence-corrected chi connectivity index (χ2v) is 7.87. The maximum Gasteiger partial charge on any atom is 0.344 e. The number of hydrazine groups is 1. The first-order chi connectivity index (χ1) is 10.4. The highest BCUT2D eigenvalue weighted by molar-refractivity contribution is 8.03. The van der Waals surface area contributed by atoms with Gasteiger partial charge in [0, 0.05) is 0 Å². The van der Waals surface area contributed by atoms with E-state index in [0.29, 0.717) is 10.8 Å². The maximum absolute atomic E-state index is 12.1. The first-order valence-corrected chi connectivity index (χ1v) is 9.38. The predicted octanol–water partition coefficient (Wildman–Crippen LogP) is 1.10. The molecule has 0 unspecified atom stereocenters. The van der Waals surface area contributed by atoms with E-state index in [-0.39, 0.29) is 5.75 Å². The van der Waals surface area contributed by atoms with Crippen LogP contribution in [0, 0.1) is 0 Å². The summed E-state index contributed by atoms with van der Waals surface area (Å²) in [5.74, 6) is -0.864. The van der Waals surface area contributed by atoms with Crippen LogP contribution in [-0.2, 0) is 9.59 Å². The quantitative estimate of drug-likeness (QED) is 0.577. The Morgan fingerprint density at radius 2 is 2.09 bits per heavy atom. The largest absolute Gasteiger partial charge is 0.344 e. The van der Waals surface area contributed by atoms with Gasteiger partial charge in [-0.15, -0.1) is 10.2 Å². The number of amides is 4. The van der Waals surface area contributed by atoms with Crippen molar-refractivity contribution in [2.24, 2.45) is 0 Å². The number of hydrogen-bond donors (Lipinski definition) is 2. The molecule has 0 saturated carbocycles.